The standard InChI is InChI=1S/C20H17F2N3O5S/c1-25-7-6-14(26)18(19(25)29)24-20(30)23-13(9-17(27)28)16-5-4-15(31-16)11-3-2-10(21)8-12(11)22/h2-8,13,26H,9H2,1H3,(H,27,28)(H2,23,24,30). The van der Waals surface area contributed by atoms with Gasteiger partial charge in [0.05, 0.1) is 12.5 Å². The molecule has 0 spiro atoms. The van der Waals surface area contributed by atoms with E-state index in [9.17, 15) is 33.4 Å². The van der Waals surface area contributed by atoms with Crippen molar-refractivity contribution in [3.63, 3.8) is 0 Å². The summed E-state index contributed by atoms with van der Waals surface area (Å²) in [6.07, 6.45) is 0.827. The van der Waals surface area contributed by atoms with E-state index < -0.39 is 47.4 Å². The number of hydrogen-bond acceptors (Lipinski definition) is 5. The molecule has 3 aromatic rings. The van der Waals surface area contributed by atoms with Gasteiger partial charge in [-0.15, -0.1) is 11.3 Å². The minimum atomic E-state index is -1.20. The van der Waals surface area contributed by atoms with Crippen LogP contribution in [0.1, 0.15) is 17.3 Å². The molecule has 0 aliphatic heterocycles. The largest absolute Gasteiger partial charge is 0.505 e. The Morgan fingerprint density at radius 1 is 1.19 bits per heavy atom. The zero-order valence-corrected chi connectivity index (χ0v) is 16.9. The second kappa shape index (κ2) is 8.96. The summed E-state index contributed by atoms with van der Waals surface area (Å²) in [4.78, 5) is 36.6. The van der Waals surface area contributed by atoms with Gasteiger partial charge in [-0.25, -0.2) is 13.6 Å². The van der Waals surface area contributed by atoms with Gasteiger partial charge in [-0.05, 0) is 30.3 Å². The lowest BCUT2D eigenvalue weighted by molar-refractivity contribution is -0.137. The Hall–Kier alpha value is -3.73. The number of urea groups is 1. The molecule has 0 radical (unpaired) electrons. The SMILES string of the molecule is Cn1ccc(O)c(NC(=O)NC(CC(=O)O)c2ccc(-c3ccc(F)cc3F)s2)c1=O. The third-order valence-electron chi connectivity index (χ3n) is 4.34. The lowest BCUT2D eigenvalue weighted by Gasteiger charge is -2.16. The molecule has 8 nitrogen and oxygen atoms in total. The van der Waals surface area contributed by atoms with Crippen LogP contribution in [0, 0.1) is 11.6 Å². The fourth-order valence-electron chi connectivity index (χ4n) is 2.82. The molecule has 0 aliphatic carbocycles. The Balaban J connectivity index is 1.84. The van der Waals surface area contributed by atoms with Gasteiger partial charge in [0, 0.05) is 34.6 Å². The molecule has 0 saturated carbocycles. The Morgan fingerprint density at radius 2 is 1.94 bits per heavy atom. The number of carbonyl (C=O) groups is 2. The van der Waals surface area contributed by atoms with Crippen LogP contribution in [0.3, 0.4) is 0 Å². The number of pyridine rings is 1. The molecule has 1 aromatic carbocycles. The molecule has 0 fully saturated rings. The fourth-order valence-corrected chi connectivity index (χ4v) is 3.90. The number of thiophene rings is 1. The maximum absolute atomic E-state index is 14.1. The van der Waals surface area contributed by atoms with Crippen LogP contribution in [0.15, 0.2) is 47.4 Å². The maximum Gasteiger partial charge on any atom is 0.320 e. The number of carboxylic acid groups (broad SMARTS) is 1. The number of nitrogens with zero attached hydrogens (tertiary/aromatic N) is 1. The van der Waals surface area contributed by atoms with Crippen molar-refractivity contribution in [2.24, 2.45) is 7.05 Å². The van der Waals surface area contributed by atoms with Gasteiger partial charge in [0.25, 0.3) is 5.56 Å². The van der Waals surface area contributed by atoms with E-state index in [0.29, 0.717) is 9.75 Å². The lowest BCUT2D eigenvalue weighted by atomic mass is 10.1. The van der Waals surface area contributed by atoms with E-state index in [2.05, 4.69) is 10.6 Å². The van der Waals surface area contributed by atoms with Gasteiger partial charge < -0.3 is 25.4 Å². The number of halogens is 2. The molecule has 2 heterocycles. The number of aryl methyl sites for hydroxylation is 1. The summed E-state index contributed by atoms with van der Waals surface area (Å²) in [6.45, 7) is 0. The highest BCUT2D eigenvalue weighted by molar-refractivity contribution is 7.15. The van der Waals surface area contributed by atoms with Crippen LogP contribution >= 0.6 is 11.3 Å². The molecular weight excluding hydrogens is 432 g/mol. The zero-order valence-electron chi connectivity index (χ0n) is 16.1. The van der Waals surface area contributed by atoms with Crippen LogP contribution in [0.4, 0.5) is 19.3 Å². The smallest absolute Gasteiger partial charge is 0.320 e. The first-order valence-electron chi connectivity index (χ1n) is 8.88. The third kappa shape index (κ3) is 5.07. The van der Waals surface area contributed by atoms with E-state index in [4.69, 9.17) is 0 Å². The van der Waals surface area contributed by atoms with E-state index in [-0.39, 0.29) is 11.3 Å². The fraction of sp³-hybridized carbons (Fsp3) is 0.150. The molecule has 1 unspecified atom stereocenters. The average molecular weight is 449 g/mol. The van der Waals surface area contributed by atoms with Crippen molar-refractivity contribution >= 4 is 29.0 Å². The molecular formula is C20H17F2N3O5S. The first-order chi connectivity index (χ1) is 14.7. The predicted octanol–water partition coefficient (Wildman–Crippen LogP) is 3.44. The number of anilines is 1. The number of aromatic nitrogens is 1. The molecule has 0 aliphatic rings. The van der Waals surface area contributed by atoms with Crippen molar-refractivity contribution in [2.75, 3.05) is 5.32 Å². The number of benzene rings is 1. The first kappa shape index (κ1) is 22.0. The molecule has 2 amide bonds. The molecule has 3 rings (SSSR count). The second-order valence-electron chi connectivity index (χ2n) is 6.57. The van der Waals surface area contributed by atoms with E-state index in [1.54, 1.807) is 0 Å². The molecule has 0 saturated heterocycles. The van der Waals surface area contributed by atoms with Gasteiger partial charge in [0.1, 0.15) is 17.4 Å². The highest BCUT2D eigenvalue weighted by Crippen LogP contribution is 2.34. The second-order valence-corrected chi connectivity index (χ2v) is 7.68. The number of aromatic hydroxyl groups is 1. The summed E-state index contributed by atoms with van der Waals surface area (Å²) in [5.74, 6) is -3.15. The van der Waals surface area contributed by atoms with Crippen molar-refractivity contribution in [1.82, 2.24) is 9.88 Å². The number of carbonyl (C=O) groups excluding carboxylic acids is 1. The first-order valence-corrected chi connectivity index (χ1v) is 9.70. The Bertz CT molecular complexity index is 1210. The topological polar surface area (TPSA) is 121 Å². The molecule has 2 aromatic heterocycles. The van der Waals surface area contributed by atoms with Gasteiger partial charge in [-0.3, -0.25) is 9.59 Å². The van der Waals surface area contributed by atoms with Crippen molar-refractivity contribution in [1.29, 1.82) is 0 Å². The van der Waals surface area contributed by atoms with Crippen molar-refractivity contribution in [2.45, 2.75) is 12.5 Å². The average Bonchev–Trinajstić information content (AvgIpc) is 3.17. The van der Waals surface area contributed by atoms with Gasteiger partial charge in [-0.1, -0.05) is 0 Å². The number of hydrogen-bond donors (Lipinski definition) is 4. The zero-order chi connectivity index (χ0) is 22.7. The Labute approximate surface area is 178 Å². The normalized spacial score (nSPS) is 11.7. The predicted molar refractivity (Wildman–Crippen MR) is 110 cm³/mol. The number of rotatable bonds is 6. The van der Waals surface area contributed by atoms with Crippen LogP contribution in [0.25, 0.3) is 10.4 Å². The molecule has 1 atom stereocenters. The van der Waals surface area contributed by atoms with E-state index in [0.717, 1.165) is 28.0 Å². The maximum atomic E-state index is 14.1. The minimum Gasteiger partial charge on any atom is -0.505 e. The Kier molecular flexibility index (Phi) is 6.35. The van der Waals surface area contributed by atoms with Gasteiger partial charge in [0.15, 0.2) is 5.69 Å². The molecule has 4 N–H and O–H groups in total. The minimum absolute atomic E-state index is 0.133. The number of aliphatic carboxylic acids is 1. The van der Waals surface area contributed by atoms with Crippen molar-refractivity contribution < 1.29 is 28.6 Å². The van der Waals surface area contributed by atoms with Crippen LogP contribution in [-0.2, 0) is 11.8 Å². The summed E-state index contributed by atoms with van der Waals surface area (Å²) >= 11 is 1.03. The molecule has 0 bridgehead atoms. The lowest BCUT2D eigenvalue weighted by Crippen LogP contribution is -2.35. The molecule has 11 heteroatoms. The van der Waals surface area contributed by atoms with E-state index >= 15 is 0 Å². The highest BCUT2D eigenvalue weighted by atomic mass is 32.1. The quantitative estimate of drug-likeness (QED) is 0.460. The third-order valence-corrected chi connectivity index (χ3v) is 5.57. The van der Waals surface area contributed by atoms with Gasteiger partial charge >= 0.3 is 12.0 Å². The molecule has 31 heavy (non-hydrogen) atoms. The summed E-state index contributed by atoms with van der Waals surface area (Å²) in [5, 5.41) is 23.7. The highest BCUT2D eigenvalue weighted by Gasteiger charge is 2.22. The van der Waals surface area contributed by atoms with Crippen LogP contribution in [0.2, 0.25) is 0 Å². The summed E-state index contributed by atoms with van der Waals surface area (Å²) in [6, 6.07) is 5.46. The van der Waals surface area contributed by atoms with Crippen LogP contribution in [-0.4, -0.2) is 26.8 Å². The number of nitrogens with one attached hydrogen (secondary N) is 2. The monoisotopic (exact) mass is 449 g/mol. The van der Waals surface area contributed by atoms with Crippen LogP contribution in [0.5, 0.6) is 5.75 Å². The molecule has 162 valence electrons. The van der Waals surface area contributed by atoms with Crippen molar-refractivity contribution in [3.8, 4) is 16.2 Å². The van der Waals surface area contributed by atoms with E-state index in [1.165, 1.54) is 37.5 Å². The summed E-state index contributed by atoms with van der Waals surface area (Å²) < 4.78 is 28.3. The van der Waals surface area contributed by atoms with Crippen LogP contribution < -0.4 is 16.2 Å². The van der Waals surface area contributed by atoms with Crippen molar-refractivity contribution in [3.05, 3.63) is 69.5 Å². The van der Waals surface area contributed by atoms with Gasteiger partial charge in [0.2, 0.25) is 0 Å². The number of carboxylic acids is 1. The number of amides is 2. The van der Waals surface area contributed by atoms with Gasteiger partial charge in [-0.2, -0.15) is 0 Å². The van der Waals surface area contributed by atoms with E-state index in [1.807, 2.05) is 0 Å². The summed E-state index contributed by atoms with van der Waals surface area (Å²) in [5.41, 5.74) is -0.888. The summed E-state index contributed by atoms with van der Waals surface area (Å²) in [7, 11) is 1.43. The Morgan fingerprint density at radius 3 is 2.61 bits per heavy atom.